The second kappa shape index (κ2) is 11.5. The SMILES string of the molecule is CC1Cc2c([nH]c3ccccc23)CN1CC(F)(F)F.Fc1cc(F)cc(N2CCCC3(CCC2)CCNC3)c1. The summed E-state index contributed by atoms with van der Waals surface area (Å²) in [6.45, 7) is 5.42. The third kappa shape index (κ3) is 6.74. The van der Waals surface area contributed by atoms with E-state index in [1.807, 2.05) is 31.2 Å². The van der Waals surface area contributed by atoms with Crippen LogP contribution in [0.4, 0.5) is 27.6 Å². The number of anilines is 1. The number of hydrogen-bond donors (Lipinski definition) is 2. The molecule has 0 aliphatic carbocycles. The maximum absolute atomic E-state index is 13.3. The smallest absolute Gasteiger partial charge is 0.371 e. The number of H-pyrrole nitrogens is 1. The van der Waals surface area contributed by atoms with Crippen molar-refractivity contribution in [2.75, 3.05) is 37.6 Å². The van der Waals surface area contributed by atoms with Gasteiger partial charge in [-0.3, -0.25) is 4.90 Å². The predicted octanol–water partition coefficient (Wildman–Crippen LogP) is 6.80. The van der Waals surface area contributed by atoms with E-state index in [1.165, 1.54) is 41.9 Å². The van der Waals surface area contributed by atoms with Crippen LogP contribution in [-0.4, -0.2) is 54.8 Å². The van der Waals surface area contributed by atoms with E-state index < -0.39 is 24.4 Å². The first kappa shape index (κ1) is 27.9. The molecule has 1 aromatic heterocycles. The van der Waals surface area contributed by atoms with Gasteiger partial charge in [0.05, 0.1) is 6.54 Å². The molecule has 4 nitrogen and oxygen atoms in total. The fourth-order valence-electron chi connectivity index (χ4n) is 6.58. The summed E-state index contributed by atoms with van der Waals surface area (Å²) in [5.41, 5.74) is 4.26. The Morgan fingerprint density at radius 1 is 0.974 bits per heavy atom. The van der Waals surface area contributed by atoms with Crippen LogP contribution < -0.4 is 10.2 Å². The van der Waals surface area contributed by atoms with Crippen LogP contribution in [0.5, 0.6) is 0 Å². The van der Waals surface area contributed by atoms with Crippen molar-refractivity contribution in [1.82, 2.24) is 15.2 Å². The number of para-hydroxylation sites is 1. The van der Waals surface area contributed by atoms with Crippen molar-refractivity contribution in [1.29, 1.82) is 0 Å². The van der Waals surface area contributed by atoms with Gasteiger partial charge in [0.25, 0.3) is 0 Å². The molecule has 2 fully saturated rings. The zero-order chi connectivity index (χ0) is 27.6. The highest BCUT2D eigenvalue weighted by Crippen LogP contribution is 2.38. The van der Waals surface area contributed by atoms with Gasteiger partial charge in [0, 0.05) is 60.6 Å². The molecule has 0 radical (unpaired) electrons. The minimum Gasteiger partial charge on any atom is -0.371 e. The Kier molecular flexibility index (Phi) is 8.19. The zero-order valence-electron chi connectivity index (χ0n) is 22.4. The molecule has 3 aliphatic rings. The van der Waals surface area contributed by atoms with E-state index >= 15 is 0 Å². The van der Waals surface area contributed by atoms with Crippen LogP contribution in [0, 0.1) is 17.0 Å². The first-order chi connectivity index (χ1) is 18.6. The molecule has 0 saturated carbocycles. The maximum atomic E-state index is 13.3. The van der Waals surface area contributed by atoms with Gasteiger partial charge >= 0.3 is 6.18 Å². The van der Waals surface area contributed by atoms with Gasteiger partial charge in [-0.2, -0.15) is 13.2 Å². The van der Waals surface area contributed by atoms with E-state index in [0.29, 0.717) is 24.1 Å². The first-order valence-electron chi connectivity index (χ1n) is 13.9. The number of alkyl halides is 3. The Labute approximate surface area is 226 Å². The summed E-state index contributed by atoms with van der Waals surface area (Å²) in [4.78, 5) is 6.85. The highest BCUT2D eigenvalue weighted by molar-refractivity contribution is 5.84. The summed E-state index contributed by atoms with van der Waals surface area (Å²) in [6, 6.07) is 11.6. The Morgan fingerprint density at radius 3 is 2.31 bits per heavy atom. The van der Waals surface area contributed by atoms with Crippen molar-refractivity contribution in [2.45, 2.75) is 64.2 Å². The summed E-state index contributed by atoms with van der Waals surface area (Å²) in [6.07, 6.45) is 2.43. The quantitative estimate of drug-likeness (QED) is 0.346. The van der Waals surface area contributed by atoms with Crippen molar-refractivity contribution in [3.05, 3.63) is 65.4 Å². The van der Waals surface area contributed by atoms with Crippen LogP contribution in [0.3, 0.4) is 0 Å². The molecular formula is C30H37F5N4. The van der Waals surface area contributed by atoms with E-state index in [0.717, 1.165) is 61.7 Å². The first-order valence-corrected chi connectivity index (χ1v) is 13.9. The van der Waals surface area contributed by atoms with Gasteiger partial charge in [0.15, 0.2) is 0 Å². The summed E-state index contributed by atoms with van der Waals surface area (Å²) in [7, 11) is 0. The van der Waals surface area contributed by atoms with Crippen molar-refractivity contribution in [3.8, 4) is 0 Å². The third-order valence-electron chi connectivity index (χ3n) is 8.58. The number of rotatable bonds is 2. The molecule has 1 spiro atoms. The lowest BCUT2D eigenvalue weighted by Crippen LogP contribution is -2.43. The van der Waals surface area contributed by atoms with Gasteiger partial charge in [-0.15, -0.1) is 0 Å². The fraction of sp³-hybridized carbons (Fsp3) is 0.533. The van der Waals surface area contributed by atoms with E-state index in [2.05, 4.69) is 15.2 Å². The topological polar surface area (TPSA) is 34.3 Å². The molecule has 9 heteroatoms. The summed E-state index contributed by atoms with van der Waals surface area (Å²) < 4.78 is 64.3. The number of fused-ring (bicyclic) bond motifs is 3. The third-order valence-corrected chi connectivity index (χ3v) is 8.58. The van der Waals surface area contributed by atoms with Crippen LogP contribution in [0.15, 0.2) is 42.5 Å². The number of aromatic amines is 1. The van der Waals surface area contributed by atoms with Gasteiger partial charge in [-0.25, -0.2) is 8.78 Å². The molecule has 2 N–H and O–H groups in total. The Morgan fingerprint density at radius 2 is 1.67 bits per heavy atom. The molecule has 212 valence electrons. The lowest BCUT2D eigenvalue weighted by Gasteiger charge is -2.35. The minimum absolute atomic E-state index is 0.0895. The number of nitrogens with zero attached hydrogens (tertiary/aromatic N) is 2. The summed E-state index contributed by atoms with van der Waals surface area (Å²) >= 11 is 0. The van der Waals surface area contributed by atoms with E-state index in [1.54, 1.807) is 0 Å². The van der Waals surface area contributed by atoms with Gasteiger partial charge in [0.2, 0.25) is 0 Å². The molecule has 3 aromatic rings. The summed E-state index contributed by atoms with van der Waals surface area (Å²) in [5.74, 6) is -0.975. The zero-order valence-corrected chi connectivity index (χ0v) is 22.4. The monoisotopic (exact) mass is 548 g/mol. The molecule has 2 aromatic carbocycles. The van der Waals surface area contributed by atoms with E-state index in [9.17, 15) is 22.0 Å². The van der Waals surface area contributed by atoms with Crippen LogP contribution >= 0.6 is 0 Å². The number of hydrogen-bond acceptors (Lipinski definition) is 3. The standard InChI is InChI=1S/C16H22F2N2.C14H15F3N2/c17-13-9-14(18)11-15(10-13)20-7-1-3-16(4-2-8-20)5-6-19-12-16;1-9-6-11-10-4-2-3-5-12(10)18-13(11)7-19(9)8-14(15,16)17/h9-11,19H,1-8,12H2;2-5,9,18H,6-8H2,1H3. The largest absolute Gasteiger partial charge is 0.401 e. The minimum atomic E-state index is -4.14. The average molecular weight is 549 g/mol. The number of nitrogens with one attached hydrogen (secondary N) is 2. The molecule has 39 heavy (non-hydrogen) atoms. The molecule has 2 saturated heterocycles. The number of halogens is 5. The number of aromatic nitrogens is 1. The second-order valence-corrected chi connectivity index (χ2v) is 11.4. The van der Waals surface area contributed by atoms with Crippen molar-refractivity contribution >= 4 is 16.6 Å². The van der Waals surface area contributed by atoms with Crippen molar-refractivity contribution in [3.63, 3.8) is 0 Å². The lowest BCUT2D eigenvalue weighted by molar-refractivity contribution is -0.152. The van der Waals surface area contributed by atoms with Gasteiger partial charge in [-0.1, -0.05) is 18.2 Å². The van der Waals surface area contributed by atoms with Crippen LogP contribution in [-0.2, 0) is 13.0 Å². The molecule has 6 rings (SSSR count). The predicted molar refractivity (Wildman–Crippen MR) is 145 cm³/mol. The number of benzene rings is 2. The normalized spacial score (nSPS) is 21.8. The Hall–Kier alpha value is -2.65. The molecular weight excluding hydrogens is 511 g/mol. The molecule has 1 atom stereocenters. The molecule has 3 aliphatic heterocycles. The Bertz CT molecular complexity index is 1230. The van der Waals surface area contributed by atoms with Gasteiger partial charge < -0.3 is 15.2 Å². The van der Waals surface area contributed by atoms with Crippen molar-refractivity contribution < 1.29 is 22.0 Å². The molecule has 0 amide bonds. The molecule has 4 heterocycles. The van der Waals surface area contributed by atoms with Crippen LogP contribution in [0.2, 0.25) is 0 Å². The van der Waals surface area contributed by atoms with E-state index in [-0.39, 0.29) is 6.04 Å². The van der Waals surface area contributed by atoms with Gasteiger partial charge in [0.1, 0.15) is 11.6 Å². The summed E-state index contributed by atoms with van der Waals surface area (Å²) in [5, 5.41) is 4.61. The van der Waals surface area contributed by atoms with E-state index in [4.69, 9.17) is 0 Å². The van der Waals surface area contributed by atoms with Gasteiger partial charge in [-0.05, 0) is 81.2 Å². The lowest BCUT2D eigenvalue weighted by atomic mass is 9.77. The van der Waals surface area contributed by atoms with Crippen LogP contribution in [0.25, 0.3) is 10.9 Å². The highest BCUT2D eigenvalue weighted by Gasteiger charge is 2.36. The second-order valence-electron chi connectivity index (χ2n) is 11.4. The Balaban J connectivity index is 0.000000158. The average Bonchev–Trinajstić information content (AvgIpc) is 3.46. The van der Waals surface area contributed by atoms with Crippen molar-refractivity contribution in [2.24, 2.45) is 5.41 Å². The van der Waals surface area contributed by atoms with Crippen LogP contribution in [0.1, 0.15) is 50.3 Å². The highest BCUT2D eigenvalue weighted by atomic mass is 19.4. The molecule has 0 bridgehead atoms. The molecule has 1 unspecified atom stereocenters. The fourth-order valence-corrected chi connectivity index (χ4v) is 6.58. The maximum Gasteiger partial charge on any atom is 0.401 e.